The lowest BCUT2D eigenvalue weighted by molar-refractivity contribution is -0.147. The predicted octanol–water partition coefficient (Wildman–Crippen LogP) is 0.157. The van der Waals surface area contributed by atoms with E-state index in [1.807, 2.05) is 0 Å². The molecule has 306 valence electrons. The van der Waals surface area contributed by atoms with Crippen molar-refractivity contribution in [2.24, 2.45) is 11.7 Å². The van der Waals surface area contributed by atoms with Gasteiger partial charge in [-0.25, -0.2) is 13.1 Å². The molecule has 1 aliphatic carbocycles. The second-order valence-corrected chi connectivity index (χ2v) is 17.6. The molecule has 1 aromatic heterocycles. The number of hydrogen-bond acceptors (Lipinski definition) is 12. The van der Waals surface area contributed by atoms with Crippen LogP contribution in [0.1, 0.15) is 93.7 Å². The molecule has 4 amide bonds. The molecule has 1 aromatic carbocycles. The predicted molar refractivity (Wildman–Crippen MR) is 198 cm³/mol. The molecule has 4 heterocycles. The number of aliphatic hydroxyl groups is 1. The minimum Gasteiger partial charge on any atom is -0.384 e. The van der Waals surface area contributed by atoms with E-state index in [1.165, 1.54) is 44.3 Å². The van der Waals surface area contributed by atoms with Gasteiger partial charge in [0.2, 0.25) is 27.6 Å². The summed E-state index contributed by atoms with van der Waals surface area (Å²) in [6.07, 6.45) is 6.45. The fourth-order valence-corrected chi connectivity index (χ4v) is 9.66. The number of ether oxygens (including phenoxy) is 2. The van der Waals surface area contributed by atoms with Crippen molar-refractivity contribution in [3.8, 4) is 0 Å². The third-order valence-corrected chi connectivity index (χ3v) is 13.3. The maximum absolute atomic E-state index is 14.9. The summed E-state index contributed by atoms with van der Waals surface area (Å²) in [5.41, 5.74) is 2.92. The highest BCUT2D eigenvalue weighted by Crippen LogP contribution is 2.34. The zero-order chi connectivity index (χ0) is 40.3. The van der Waals surface area contributed by atoms with Gasteiger partial charge >= 0.3 is 0 Å². The van der Waals surface area contributed by atoms with Crippen LogP contribution in [0.3, 0.4) is 0 Å². The molecule has 18 nitrogen and oxygen atoms in total. The van der Waals surface area contributed by atoms with E-state index in [9.17, 15) is 37.5 Å². The van der Waals surface area contributed by atoms with Gasteiger partial charge in [-0.2, -0.15) is 4.31 Å². The number of sulfonamides is 1. The Morgan fingerprint density at radius 3 is 2.27 bits per heavy atom. The third-order valence-electron chi connectivity index (χ3n) is 11.4. The lowest BCUT2D eigenvalue weighted by Crippen LogP contribution is -2.64. The average molecular weight is 801 g/mol. The number of nitrogens with one attached hydrogen (secondary N) is 2. The molecule has 1 saturated carbocycles. The van der Waals surface area contributed by atoms with Crippen molar-refractivity contribution in [2.45, 2.75) is 106 Å². The van der Waals surface area contributed by atoms with Crippen LogP contribution in [-0.4, -0.2) is 131 Å². The maximum Gasteiger partial charge on any atom is 0.287 e. The molecular formula is C37H52N8O10S. The number of carbonyl (C=O) groups excluding carboxylic acids is 5. The van der Waals surface area contributed by atoms with E-state index in [-0.39, 0.29) is 81.7 Å². The number of aromatic nitrogens is 3. The van der Waals surface area contributed by atoms with Crippen LogP contribution in [0.2, 0.25) is 0 Å². The number of rotatable bonds is 13. The molecule has 0 radical (unpaired) electrons. The van der Waals surface area contributed by atoms with Crippen LogP contribution in [0.25, 0.3) is 0 Å². The van der Waals surface area contributed by atoms with Gasteiger partial charge in [-0.1, -0.05) is 37.3 Å². The zero-order valence-corrected chi connectivity index (χ0v) is 32.7. The summed E-state index contributed by atoms with van der Waals surface area (Å²) < 4.78 is 39.9. The number of nitrogens with zero attached hydrogens (tertiary/aromatic N) is 5. The summed E-state index contributed by atoms with van der Waals surface area (Å²) in [6, 6.07) is 2.63. The van der Waals surface area contributed by atoms with Gasteiger partial charge in [0.15, 0.2) is 0 Å². The Balaban J connectivity index is 1.29. The number of amides is 4. The first-order valence-corrected chi connectivity index (χ1v) is 20.7. The first-order valence-electron chi connectivity index (χ1n) is 19.3. The Labute approximate surface area is 325 Å². The number of Topliss-reactive ketones (excluding diaryl/α,β-unsaturated/α-hetero) is 1. The number of primary amides is 1. The molecule has 19 heteroatoms. The lowest BCUT2D eigenvalue weighted by Gasteiger charge is -2.37. The Bertz CT molecular complexity index is 1880. The number of likely N-dealkylation sites (tertiary alicyclic amines) is 1. The molecule has 5 N–H and O–H groups in total. The number of ketones is 1. The van der Waals surface area contributed by atoms with Crippen LogP contribution < -0.4 is 16.4 Å². The van der Waals surface area contributed by atoms with Crippen molar-refractivity contribution in [2.75, 3.05) is 46.1 Å². The van der Waals surface area contributed by atoms with Crippen molar-refractivity contribution in [3.05, 3.63) is 41.7 Å². The van der Waals surface area contributed by atoms with Gasteiger partial charge in [0.1, 0.15) is 23.2 Å². The van der Waals surface area contributed by atoms with Crippen molar-refractivity contribution in [3.63, 3.8) is 0 Å². The Hall–Kier alpha value is -4.30. The van der Waals surface area contributed by atoms with Crippen LogP contribution in [0.4, 0.5) is 0 Å². The van der Waals surface area contributed by atoms with E-state index in [4.69, 9.17) is 15.2 Å². The number of hydrogen-bond donors (Lipinski definition) is 4. The van der Waals surface area contributed by atoms with Crippen molar-refractivity contribution in [1.82, 2.24) is 34.8 Å². The van der Waals surface area contributed by atoms with Crippen LogP contribution in [-0.2, 0) is 44.3 Å². The maximum atomic E-state index is 14.9. The fraction of sp³-hybridized carbons (Fsp3) is 0.649. The van der Waals surface area contributed by atoms with Gasteiger partial charge in [-0.3, -0.25) is 24.0 Å². The molecule has 3 atom stereocenters. The largest absolute Gasteiger partial charge is 0.384 e. The molecule has 4 fully saturated rings. The molecule has 0 spiro atoms. The summed E-state index contributed by atoms with van der Waals surface area (Å²) in [5.74, 6) is -3.88. The molecule has 1 unspecified atom stereocenters. The number of nitrogens with two attached hydrogens (primary N) is 1. The fourth-order valence-electron chi connectivity index (χ4n) is 8.25. The van der Waals surface area contributed by atoms with Crippen LogP contribution >= 0.6 is 0 Å². The summed E-state index contributed by atoms with van der Waals surface area (Å²) in [5, 5.41) is 24.8. The summed E-state index contributed by atoms with van der Waals surface area (Å²) in [4.78, 5) is 69.8. The topological polar surface area (TPSA) is 245 Å². The second-order valence-electron chi connectivity index (χ2n) is 15.7. The lowest BCUT2D eigenvalue weighted by atomic mass is 9.84. The van der Waals surface area contributed by atoms with Crippen molar-refractivity contribution < 1.29 is 47.0 Å². The second kappa shape index (κ2) is 17.1. The molecule has 2 aromatic rings. The van der Waals surface area contributed by atoms with Gasteiger partial charge in [-0.15, -0.1) is 5.10 Å². The summed E-state index contributed by atoms with van der Waals surface area (Å²) in [6.45, 7) is 4.29. The SMILES string of the molecule is CC(C)(O)c1cnnn1[C@H]1C[C@@H](C(=O)NC2(C(=O)C(N)=O)CCOCC2)N(C(=O)C(CC2CCCCC2)NC(=O)c2ccc(S(=O)(=O)N3CCOCC3)cc2)C1. The highest BCUT2D eigenvalue weighted by molar-refractivity contribution is 7.89. The molecule has 56 heavy (non-hydrogen) atoms. The van der Waals surface area contributed by atoms with Crippen LogP contribution in [0.15, 0.2) is 35.4 Å². The molecular weight excluding hydrogens is 749 g/mol. The minimum atomic E-state index is -3.81. The first kappa shape index (κ1) is 41.3. The molecule has 4 aliphatic rings. The Morgan fingerprint density at radius 2 is 1.64 bits per heavy atom. The van der Waals surface area contributed by atoms with Gasteiger partial charge in [0.25, 0.3) is 11.8 Å². The molecule has 6 rings (SSSR count). The summed E-state index contributed by atoms with van der Waals surface area (Å²) >= 11 is 0. The Kier molecular flexibility index (Phi) is 12.6. The van der Waals surface area contributed by atoms with Crippen molar-refractivity contribution >= 4 is 39.4 Å². The van der Waals surface area contributed by atoms with Gasteiger partial charge in [0, 0.05) is 57.7 Å². The van der Waals surface area contributed by atoms with Crippen LogP contribution in [0.5, 0.6) is 0 Å². The van der Waals surface area contributed by atoms with E-state index in [0.29, 0.717) is 12.1 Å². The van der Waals surface area contributed by atoms with Gasteiger partial charge < -0.3 is 35.8 Å². The van der Waals surface area contributed by atoms with E-state index < -0.39 is 68.7 Å². The monoisotopic (exact) mass is 800 g/mol. The third kappa shape index (κ3) is 8.96. The summed E-state index contributed by atoms with van der Waals surface area (Å²) in [7, 11) is -3.81. The smallest absolute Gasteiger partial charge is 0.287 e. The number of benzene rings is 1. The minimum absolute atomic E-state index is 0.00341. The number of carbonyl (C=O) groups is 5. The standard InChI is InChI=1S/C37H52N8O10S/c1-36(2,51)30-22-39-42-45(30)26-21-29(34(49)41-37(31(46)32(38)47)12-16-54-17-13-37)44(23-26)35(50)28(20-24-6-4-3-5-7-24)40-33(48)25-8-10-27(11-9-25)56(52,53)43-14-18-55-19-15-43/h8-11,22,24,26,28-29,51H,3-7,12-21,23H2,1-2H3,(H2,38,47)(H,40,48)(H,41,49)/t26-,28?,29-/m0/s1. The molecule has 0 bridgehead atoms. The zero-order valence-electron chi connectivity index (χ0n) is 31.9. The van der Waals surface area contributed by atoms with E-state index >= 15 is 0 Å². The highest BCUT2D eigenvalue weighted by atomic mass is 32.2. The van der Waals surface area contributed by atoms with E-state index in [0.717, 1.165) is 32.1 Å². The average Bonchev–Trinajstić information content (AvgIpc) is 3.87. The van der Waals surface area contributed by atoms with Crippen LogP contribution in [0, 0.1) is 5.92 Å². The van der Waals surface area contributed by atoms with Gasteiger partial charge in [0.05, 0.1) is 36.0 Å². The quantitative estimate of drug-likeness (QED) is 0.198. The van der Waals surface area contributed by atoms with E-state index in [1.54, 1.807) is 13.8 Å². The normalized spacial score (nSPS) is 22.9. The molecule has 3 aliphatic heterocycles. The van der Waals surface area contributed by atoms with E-state index in [2.05, 4.69) is 20.9 Å². The van der Waals surface area contributed by atoms with Gasteiger partial charge in [-0.05, 0) is 50.5 Å². The number of morpholine rings is 1. The van der Waals surface area contributed by atoms with Crippen molar-refractivity contribution in [1.29, 1.82) is 0 Å². The highest BCUT2D eigenvalue weighted by Gasteiger charge is 2.49. The Morgan fingerprint density at radius 1 is 1.00 bits per heavy atom. The molecule has 3 saturated heterocycles. The first-order chi connectivity index (χ1) is 26.6.